The second-order valence-electron chi connectivity index (χ2n) is 8.38. The van der Waals surface area contributed by atoms with Crippen LogP contribution in [-0.2, 0) is 14.9 Å². The van der Waals surface area contributed by atoms with Crippen molar-refractivity contribution in [1.82, 2.24) is 0 Å². The number of ether oxygens (including phenoxy) is 1. The molecule has 5 nitrogen and oxygen atoms in total. The molecule has 2 aromatic carbocycles. The normalized spacial score (nSPS) is 15.5. The summed E-state index contributed by atoms with van der Waals surface area (Å²) in [4.78, 5) is 26.8. The van der Waals surface area contributed by atoms with E-state index in [9.17, 15) is 9.59 Å². The van der Waals surface area contributed by atoms with E-state index in [2.05, 4.69) is 4.90 Å². The molecular weight excluding hydrogens is 400 g/mol. The number of anilines is 1. The van der Waals surface area contributed by atoms with Crippen LogP contribution in [0.1, 0.15) is 60.5 Å². The summed E-state index contributed by atoms with van der Waals surface area (Å²) < 4.78 is 4.77. The average Bonchev–Trinajstić information content (AvgIpc) is 2.74. The van der Waals surface area contributed by atoms with E-state index in [0.29, 0.717) is 10.6 Å². The van der Waals surface area contributed by atoms with E-state index in [1.807, 2.05) is 32.0 Å². The summed E-state index contributed by atoms with van der Waals surface area (Å²) in [7, 11) is 1.34. The van der Waals surface area contributed by atoms with E-state index in [1.165, 1.54) is 13.5 Å². The SMILES string of the molecule is COC(=O)c1ccc(C(C(N)=O)C(C)(C)c2cc(Cl)ccc2N2CCCCC2)cc1. The molecule has 1 fully saturated rings. The molecule has 1 unspecified atom stereocenters. The van der Waals surface area contributed by atoms with Crippen LogP contribution in [0.15, 0.2) is 42.5 Å². The summed E-state index contributed by atoms with van der Waals surface area (Å²) >= 11 is 6.38. The Morgan fingerprint density at radius 3 is 2.27 bits per heavy atom. The number of carbonyl (C=O) groups excluding carboxylic acids is 2. The number of carbonyl (C=O) groups is 2. The third-order valence-corrected chi connectivity index (χ3v) is 6.26. The Bertz CT molecular complexity index is 919. The quantitative estimate of drug-likeness (QED) is 0.679. The van der Waals surface area contributed by atoms with Gasteiger partial charge in [0.25, 0.3) is 0 Å². The number of benzene rings is 2. The van der Waals surface area contributed by atoms with Crippen LogP contribution in [0, 0.1) is 0 Å². The van der Waals surface area contributed by atoms with Crippen molar-refractivity contribution >= 4 is 29.2 Å². The highest BCUT2D eigenvalue weighted by molar-refractivity contribution is 6.30. The van der Waals surface area contributed by atoms with Crippen molar-refractivity contribution in [2.45, 2.75) is 44.4 Å². The van der Waals surface area contributed by atoms with Gasteiger partial charge in [0.2, 0.25) is 5.91 Å². The molecule has 2 aromatic rings. The Hall–Kier alpha value is -2.53. The molecule has 1 heterocycles. The number of esters is 1. The van der Waals surface area contributed by atoms with Gasteiger partial charge >= 0.3 is 5.97 Å². The molecule has 1 saturated heterocycles. The van der Waals surface area contributed by atoms with Gasteiger partial charge in [0.05, 0.1) is 18.6 Å². The Morgan fingerprint density at radius 1 is 1.07 bits per heavy atom. The van der Waals surface area contributed by atoms with Crippen molar-refractivity contribution < 1.29 is 14.3 Å². The lowest BCUT2D eigenvalue weighted by atomic mass is 9.69. The van der Waals surface area contributed by atoms with Crippen LogP contribution in [-0.4, -0.2) is 32.1 Å². The summed E-state index contributed by atoms with van der Waals surface area (Å²) in [5, 5.41) is 0.628. The number of hydrogen-bond acceptors (Lipinski definition) is 4. The maximum Gasteiger partial charge on any atom is 0.337 e. The van der Waals surface area contributed by atoms with Crippen LogP contribution in [0.25, 0.3) is 0 Å². The monoisotopic (exact) mass is 428 g/mol. The molecule has 0 saturated carbocycles. The topological polar surface area (TPSA) is 72.6 Å². The number of rotatable bonds is 6. The van der Waals surface area contributed by atoms with Crippen LogP contribution < -0.4 is 10.6 Å². The summed E-state index contributed by atoms with van der Waals surface area (Å²) in [6.07, 6.45) is 3.53. The van der Waals surface area contributed by atoms with E-state index in [-0.39, 0.29) is 0 Å². The van der Waals surface area contributed by atoms with Gasteiger partial charge in [0.1, 0.15) is 0 Å². The summed E-state index contributed by atoms with van der Waals surface area (Å²) in [5.41, 5.74) is 8.57. The summed E-state index contributed by atoms with van der Waals surface area (Å²) in [5.74, 6) is -1.43. The van der Waals surface area contributed by atoms with Crippen molar-refractivity contribution in [2.24, 2.45) is 5.73 Å². The molecule has 160 valence electrons. The molecule has 6 heteroatoms. The molecule has 1 atom stereocenters. The number of primary amides is 1. The zero-order chi connectivity index (χ0) is 21.9. The van der Waals surface area contributed by atoms with Gasteiger partial charge in [0, 0.05) is 29.2 Å². The fourth-order valence-corrected chi connectivity index (χ4v) is 4.63. The molecule has 2 N–H and O–H groups in total. The van der Waals surface area contributed by atoms with Gasteiger partial charge < -0.3 is 15.4 Å². The minimum absolute atomic E-state index is 0.418. The number of methoxy groups -OCH3 is 1. The molecule has 1 amide bonds. The maximum atomic E-state index is 12.7. The number of amides is 1. The predicted molar refractivity (Wildman–Crippen MR) is 120 cm³/mol. The third kappa shape index (κ3) is 4.46. The largest absolute Gasteiger partial charge is 0.465 e. The van der Waals surface area contributed by atoms with Crippen molar-refractivity contribution in [2.75, 3.05) is 25.1 Å². The molecule has 0 spiro atoms. The smallest absolute Gasteiger partial charge is 0.337 e. The molecule has 30 heavy (non-hydrogen) atoms. The second-order valence-corrected chi connectivity index (χ2v) is 8.82. The third-order valence-electron chi connectivity index (χ3n) is 6.02. The van der Waals surface area contributed by atoms with Gasteiger partial charge in [-0.2, -0.15) is 0 Å². The lowest BCUT2D eigenvalue weighted by Crippen LogP contribution is -2.39. The Labute approximate surface area is 183 Å². The first kappa shape index (κ1) is 22.2. The number of piperidine rings is 1. The van der Waals surface area contributed by atoms with Crippen LogP contribution in [0.4, 0.5) is 5.69 Å². The van der Waals surface area contributed by atoms with Crippen LogP contribution in [0.5, 0.6) is 0 Å². The lowest BCUT2D eigenvalue weighted by molar-refractivity contribution is -0.120. The molecule has 1 aliphatic heterocycles. The summed E-state index contributed by atoms with van der Waals surface area (Å²) in [6, 6.07) is 12.8. The molecular formula is C24H29ClN2O3. The fourth-order valence-electron chi connectivity index (χ4n) is 4.46. The summed E-state index contributed by atoms with van der Waals surface area (Å²) in [6.45, 7) is 6.02. The number of halogens is 1. The van der Waals surface area contributed by atoms with Gasteiger partial charge in [-0.1, -0.05) is 37.6 Å². The van der Waals surface area contributed by atoms with Crippen LogP contribution in [0.2, 0.25) is 5.02 Å². The first-order chi connectivity index (χ1) is 14.3. The van der Waals surface area contributed by atoms with Gasteiger partial charge in [-0.25, -0.2) is 4.79 Å². The Kier molecular flexibility index (Phi) is 6.71. The zero-order valence-electron chi connectivity index (χ0n) is 17.8. The molecule has 0 radical (unpaired) electrons. The standard InChI is InChI=1S/C24H29ClN2O3/c1-24(2,19-15-18(25)11-12-20(19)27-13-5-4-6-14-27)21(22(26)28)16-7-9-17(10-8-16)23(29)30-3/h7-12,15,21H,4-6,13-14H2,1-3H3,(H2,26,28). The number of nitrogens with two attached hydrogens (primary N) is 1. The second kappa shape index (κ2) is 9.09. The Balaban J connectivity index is 2.05. The minimum atomic E-state index is -0.615. The van der Waals surface area contributed by atoms with E-state index >= 15 is 0 Å². The molecule has 0 aliphatic carbocycles. The fraction of sp³-hybridized carbons (Fsp3) is 0.417. The first-order valence-corrected chi connectivity index (χ1v) is 10.7. The highest BCUT2D eigenvalue weighted by Gasteiger charge is 2.39. The van der Waals surface area contributed by atoms with Crippen molar-refractivity contribution in [1.29, 1.82) is 0 Å². The molecule has 3 rings (SSSR count). The average molecular weight is 429 g/mol. The lowest BCUT2D eigenvalue weighted by Gasteiger charge is -2.39. The predicted octanol–water partition coefficient (Wildman–Crippen LogP) is 4.66. The highest BCUT2D eigenvalue weighted by atomic mass is 35.5. The van der Waals surface area contributed by atoms with E-state index < -0.39 is 23.2 Å². The van der Waals surface area contributed by atoms with Crippen molar-refractivity contribution in [3.8, 4) is 0 Å². The maximum absolute atomic E-state index is 12.7. The minimum Gasteiger partial charge on any atom is -0.465 e. The van der Waals surface area contributed by atoms with E-state index in [0.717, 1.165) is 42.7 Å². The first-order valence-electron chi connectivity index (χ1n) is 10.3. The van der Waals surface area contributed by atoms with Crippen LogP contribution >= 0.6 is 11.6 Å². The zero-order valence-corrected chi connectivity index (χ0v) is 18.5. The Morgan fingerprint density at radius 2 is 1.70 bits per heavy atom. The van der Waals surface area contributed by atoms with E-state index in [1.54, 1.807) is 24.3 Å². The van der Waals surface area contributed by atoms with Crippen LogP contribution in [0.3, 0.4) is 0 Å². The van der Waals surface area contributed by atoms with Crippen molar-refractivity contribution in [3.63, 3.8) is 0 Å². The molecule has 0 aromatic heterocycles. The van der Waals surface area contributed by atoms with E-state index in [4.69, 9.17) is 22.1 Å². The highest BCUT2D eigenvalue weighted by Crippen LogP contribution is 2.44. The van der Waals surface area contributed by atoms with Crippen molar-refractivity contribution in [3.05, 3.63) is 64.2 Å². The van der Waals surface area contributed by atoms with Gasteiger partial charge in [-0.05, 0) is 60.7 Å². The van der Waals surface area contributed by atoms with Gasteiger partial charge in [-0.15, -0.1) is 0 Å². The molecule has 0 bridgehead atoms. The molecule has 1 aliphatic rings. The number of hydrogen-bond donors (Lipinski definition) is 1. The van der Waals surface area contributed by atoms with Gasteiger partial charge in [-0.3, -0.25) is 4.79 Å². The number of nitrogens with zero attached hydrogens (tertiary/aromatic N) is 1. The van der Waals surface area contributed by atoms with Gasteiger partial charge in [0.15, 0.2) is 0 Å².